The van der Waals surface area contributed by atoms with Gasteiger partial charge < -0.3 is 83.9 Å². The third-order valence-corrected chi connectivity index (χ3v) is 14.7. The summed E-state index contributed by atoms with van der Waals surface area (Å²) in [6.07, 6.45) is -23.4. The van der Waals surface area contributed by atoms with Crippen LogP contribution in [0.1, 0.15) is 62.0 Å². The quantitative estimate of drug-likeness (QED) is 0.0480. The minimum Gasteiger partial charge on any atom is -0.479 e. The Morgan fingerprint density at radius 1 is 0.696 bits per heavy atom. The zero-order valence-electron chi connectivity index (χ0n) is 42.9. The summed E-state index contributed by atoms with van der Waals surface area (Å²) in [7, 11) is 0. The van der Waals surface area contributed by atoms with Crippen LogP contribution in [0.4, 0.5) is 4.39 Å². The Morgan fingerprint density at radius 3 is 2.03 bits per heavy atom. The van der Waals surface area contributed by atoms with Crippen molar-refractivity contribution in [2.75, 3.05) is 19.8 Å². The van der Waals surface area contributed by atoms with Gasteiger partial charge in [-0.2, -0.15) is 0 Å². The van der Waals surface area contributed by atoms with E-state index in [2.05, 4.69) is 20.6 Å². The molecule has 5 heterocycles. The molecule has 4 aliphatic rings. The third-order valence-electron chi connectivity index (χ3n) is 14.7. The molecule has 9 N–H and O–H groups in total. The summed E-state index contributed by atoms with van der Waals surface area (Å²) in [6.45, 7) is 1.33. The van der Waals surface area contributed by atoms with Gasteiger partial charge in [-0.05, 0) is 56.4 Å². The molecule has 79 heavy (non-hydrogen) atoms. The Morgan fingerprint density at radius 2 is 1.34 bits per heavy atom. The zero-order chi connectivity index (χ0) is 56.1. The Balaban J connectivity index is 1.09. The molecule has 0 spiro atoms. The summed E-state index contributed by atoms with van der Waals surface area (Å²) in [5, 5.41) is 117. The number of rotatable bonds is 20. The van der Waals surface area contributed by atoms with Gasteiger partial charge in [-0.3, -0.25) is 0 Å². The van der Waals surface area contributed by atoms with Crippen LogP contribution in [0.3, 0.4) is 0 Å². The number of ether oxygens (including phenoxy) is 8. The van der Waals surface area contributed by atoms with Crippen LogP contribution < -0.4 is 0 Å². The molecule has 9 rings (SSSR count). The van der Waals surface area contributed by atoms with Gasteiger partial charge in [-0.1, -0.05) is 84.4 Å². The van der Waals surface area contributed by atoms with Crippen LogP contribution in [0.15, 0.2) is 97.3 Å². The number of aliphatic hydroxyl groups excluding tert-OH is 8. The van der Waals surface area contributed by atoms with Crippen molar-refractivity contribution < 1.29 is 97.8 Å². The molecule has 1 saturated carbocycles. The molecule has 5 aromatic rings. The van der Waals surface area contributed by atoms with Gasteiger partial charge in [0.15, 0.2) is 31.1 Å². The highest BCUT2D eigenvalue weighted by atomic mass is 19.1. The van der Waals surface area contributed by atoms with E-state index in [9.17, 15) is 59.9 Å². The molecule has 25 nitrogen and oxygen atoms in total. The number of carbonyl (C=O) groups is 2. The van der Waals surface area contributed by atoms with Gasteiger partial charge in [0.1, 0.15) is 84.3 Å². The minimum absolute atomic E-state index is 0.0332. The molecule has 0 radical (unpaired) electrons. The SMILES string of the molecule is CCC[C@H](OC1C(OC(=O)c2ccccc2)[C@H](O[C@@H]2CC(CO[C@H]3OC(CO)[C@@H](O)C(n4cc(-c5cccc(F)c5)nn4)C3O)CC(n3cc(-c4ccccc4)nn3)C2O[C@@H]2OC(C)[C@H](O)C(O)C2O)OC(CO)[C@@H]1O)C(=O)O. The van der Waals surface area contributed by atoms with Crippen LogP contribution in [0.25, 0.3) is 22.5 Å². The molecule has 20 atom stereocenters. The Bertz CT molecular complexity index is 2770. The summed E-state index contributed by atoms with van der Waals surface area (Å²) >= 11 is 0. The standard InChI is InChI=1S/C53H65FN6O19/c1-3-11-35(49(69)70)74-47-42(65)38(24-62)77-53(48(47)78-50(71)29-14-8-5-9-15-29)75-36-19-27(25-72-51-43(66)39(41(64)37(23-61)76-51)60-22-33(56-58-60)30-16-10-17-31(54)20-30)18-34(59-21-32(55-57-59)28-12-6-4-7-13-28)46(36)79-52-45(68)44(67)40(63)26(2)73-52/h4-10,12-17,20-22,26-27,34-48,51-53,61-68H,3,11,18-19,23-25H2,1-2H3,(H,69,70)/t26?,27?,34?,35-,36+,37?,38?,39?,40-,41+,42-,43?,44?,45?,46?,47?,48?,51-,52-,53+/m0/s1. The maximum absolute atomic E-state index is 14.2. The van der Waals surface area contributed by atoms with E-state index in [4.69, 9.17) is 37.9 Å². The normalized spacial score (nSPS) is 34.4. The lowest BCUT2D eigenvalue weighted by Gasteiger charge is -2.49. The molecule has 1 aliphatic carbocycles. The Hall–Kier alpha value is -5.79. The monoisotopic (exact) mass is 1110 g/mol. The summed E-state index contributed by atoms with van der Waals surface area (Å²) in [5.74, 6) is -3.56. The highest BCUT2D eigenvalue weighted by Gasteiger charge is 2.55. The maximum atomic E-state index is 14.2. The zero-order valence-corrected chi connectivity index (χ0v) is 42.9. The van der Waals surface area contributed by atoms with Crippen molar-refractivity contribution in [1.82, 2.24) is 30.0 Å². The molecule has 3 saturated heterocycles. The first-order valence-corrected chi connectivity index (χ1v) is 26.1. The molecule has 428 valence electrons. The summed E-state index contributed by atoms with van der Waals surface area (Å²) in [5.41, 5.74) is 1.74. The average Bonchev–Trinajstić information content (AvgIpc) is 4.30. The number of aromatic nitrogens is 6. The lowest BCUT2D eigenvalue weighted by molar-refractivity contribution is -0.350. The first-order chi connectivity index (χ1) is 38.1. The van der Waals surface area contributed by atoms with E-state index < -0.39 is 153 Å². The molecule has 3 aliphatic heterocycles. The van der Waals surface area contributed by atoms with Gasteiger partial charge in [0.25, 0.3) is 0 Å². The number of carboxylic acids is 1. The highest BCUT2D eigenvalue weighted by Crippen LogP contribution is 2.42. The Kier molecular flexibility index (Phi) is 18.9. The minimum atomic E-state index is -1.84. The van der Waals surface area contributed by atoms with Gasteiger partial charge in [0.05, 0.1) is 56.0 Å². The summed E-state index contributed by atoms with van der Waals surface area (Å²) < 4.78 is 67.1. The van der Waals surface area contributed by atoms with E-state index in [0.717, 1.165) is 0 Å². The van der Waals surface area contributed by atoms with Crippen LogP contribution >= 0.6 is 0 Å². The number of esters is 1. The van der Waals surface area contributed by atoms with Gasteiger partial charge in [-0.25, -0.2) is 23.3 Å². The van der Waals surface area contributed by atoms with Crippen molar-refractivity contribution >= 4 is 11.9 Å². The predicted molar refractivity (Wildman–Crippen MR) is 266 cm³/mol. The lowest BCUT2D eigenvalue weighted by atomic mass is 9.81. The number of carbonyl (C=O) groups excluding carboxylic acids is 1. The largest absolute Gasteiger partial charge is 0.479 e. The smallest absolute Gasteiger partial charge is 0.338 e. The van der Waals surface area contributed by atoms with Gasteiger partial charge in [-0.15, -0.1) is 10.2 Å². The number of carboxylic acid groups (broad SMARTS) is 1. The van der Waals surface area contributed by atoms with E-state index in [0.29, 0.717) is 23.2 Å². The van der Waals surface area contributed by atoms with Gasteiger partial charge >= 0.3 is 11.9 Å². The number of hydrogen-bond donors (Lipinski definition) is 9. The maximum Gasteiger partial charge on any atom is 0.338 e. The molecule has 12 unspecified atom stereocenters. The van der Waals surface area contributed by atoms with Crippen molar-refractivity contribution in [3.05, 3.63) is 109 Å². The summed E-state index contributed by atoms with van der Waals surface area (Å²) in [6, 6.07) is 20.0. The third kappa shape index (κ3) is 12.9. The second-order valence-corrected chi connectivity index (χ2v) is 20.1. The number of benzene rings is 3. The van der Waals surface area contributed by atoms with Gasteiger partial charge in [0.2, 0.25) is 0 Å². The van der Waals surface area contributed by atoms with Crippen LogP contribution in [0.2, 0.25) is 0 Å². The van der Waals surface area contributed by atoms with Crippen molar-refractivity contribution in [3.8, 4) is 22.5 Å². The second kappa shape index (κ2) is 25.8. The predicted octanol–water partition coefficient (Wildman–Crippen LogP) is 0.531. The van der Waals surface area contributed by atoms with Crippen LogP contribution in [0, 0.1) is 11.7 Å². The first-order valence-electron chi connectivity index (χ1n) is 26.1. The highest BCUT2D eigenvalue weighted by molar-refractivity contribution is 5.89. The first kappa shape index (κ1) is 57.9. The molecule has 2 aromatic heterocycles. The number of aliphatic carboxylic acids is 1. The average molecular weight is 1110 g/mol. The molecular weight excluding hydrogens is 1040 g/mol. The van der Waals surface area contributed by atoms with Crippen LogP contribution in [-0.2, 0) is 42.7 Å². The number of nitrogens with zero attached hydrogens (tertiary/aromatic N) is 6. The number of hydrogen-bond acceptors (Lipinski definition) is 22. The van der Waals surface area contributed by atoms with Crippen molar-refractivity contribution in [1.29, 1.82) is 0 Å². The number of halogens is 1. The fourth-order valence-corrected chi connectivity index (χ4v) is 10.5. The summed E-state index contributed by atoms with van der Waals surface area (Å²) in [4.78, 5) is 26.6. The van der Waals surface area contributed by atoms with Crippen molar-refractivity contribution in [2.45, 2.75) is 156 Å². The van der Waals surface area contributed by atoms with E-state index in [1.165, 1.54) is 52.8 Å². The topological polar surface area (TPSA) is 351 Å². The second-order valence-electron chi connectivity index (χ2n) is 20.1. The molecule has 0 amide bonds. The molecular formula is C53H65FN6O19. The van der Waals surface area contributed by atoms with Crippen LogP contribution in [0.5, 0.6) is 0 Å². The van der Waals surface area contributed by atoms with Gasteiger partial charge in [0, 0.05) is 11.1 Å². The van der Waals surface area contributed by atoms with E-state index in [-0.39, 0.29) is 37.1 Å². The van der Waals surface area contributed by atoms with Crippen LogP contribution in [-0.4, -0.2) is 212 Å². The fraction of sp³-hybridized carbons (Fsp3) is 0.547. The van der Waals surface area contributed by atoms with E-state index >= 15 is 0 Å². The number of aliphatic hydroxyl groups is 8. The molecule has 0 bridgehead atoms. The molecule has 4 fully saturated rings. The fourth-order valence-electron chi connectivity index (χ4n) is 10.5. The van der Waals surface area contributed by atoms with E-state index in [1.54, 1.807) is 49.5 Å². The van der Waals surface area contributed by atoms with Crippen molar-refractivity contribution in [3.63, 3.8) is 0 Å². The van der Waals surface area contributed by atoms with E-state index in [1.807, 2.05) is 18.2 Å². The molecule has 26 heteroatoms. The Labute approximate surface area is 451 Å². The van der Waals surface area contributed by atoms with Crippen molar-refractivity contribution in [2.24, 2.45) is 5.92 Å². The lowest BCUT2D eigenvalue weighted by Crippen LogP contribution is -2.64. The molecule has 3 aromatic carbocycles.